The SMILES string of the molecule is CCCCCCCC[S+]([O-])C(C)Cc1ccc2c(c1)OCO2.CSCC[C@H](Nc1ccc([N+](=O)[O-])cc1[N+](=O)[O-])C(=O)O. The van der Waals surface area contributed by atoms with E-state index in [1.165, 1.54) is 49.4 Å². The van der Waals surface area contributed by atoms with Crippen LogP contribution in [0.5, 0.6) is 11.5 Å². The van der Waals surface area contributed by atoms with Crippen LogP contribution in [-0.2, 0) is 22.4 Å². The predicted octanol–water partition coefficient (Wildman–Crippen LogP) is 6.58. The van der Waals surface area contributed by atoms with Gasteiger partial charge in [0.05, 0.1) is 15.9 Å². The summed E-state index contributed by atoms with van der Waals surface area (Å²) in [5, 5.41) is 33.4. The standard InChI is InChI=1S/C18H28O3S.C11H13N3O6S/c1-3-4-5-6-7-8-11-22(19)15(2)12-16-9-10-17-18(13-16)21-14-20-17;1-21-5-4-9(11(15)16)12-8-3-2-7(13(17)18)6-10(8)14(19)20/h9-10,13,15H,3-8,11-12,14H2,1-2H3;2-3,6,9,12H,4-5H2,1H3,(H,15,16)/t;9-/m.0/s1. The van der Waals surface area contributed by atoms with E-state index in [1.807, 2.05) is 24.5 Å². The van der Waals surface area contributed by atoms with Crippen LogP contribution in [0.4, 0.5) is 17.1 Å². The van der Waals surface area contributed by atoms with E-state index in [0.29, 0.717) is 12.5 Å². The molecule has 0 spiro atoms. The Hall–Kier alpha value is -3.23. The number of nitrogens with one attached hydrogen (secondary N) is 1. The van der Waals surface area contributed by atoms with E-state index in [4.69, 9.17) is 14.6 Å². The van der Waals surface area contributed by atoms with Crippen LogP contribution < -0.4 is 14.8 Å². The zero-order valence-corrected chi connectivity index (χ0v) is 26.5. The zero-order chi connectivity index (χ0) is 31.8. The largest absolute Gasteiger partial charge is 0.616 e. The molecule has 14 heteroatoms. The molecule has 3 atom stereocenters. The third-order valence-electron chi connectivity index (χ3n) is 6.74. The average molecular weight is 640 g/mol. The van der Waals surface area contributed by atoms with Crippen molar-refractivity contribution >= 4 is 46.0 Å². The van der Waals surface area contributed by atoms with Gasteiger partial charge in [-0.25, -0.2) is 4.79 Å². The summed E-state index contributed by atoms with van der Waals surface area (Å²) in [5.74, 6) is 1.87. The smallest absolute Gasteiger partial charge is 0.326 e. The Bertz CT molecular complexity index is 1200. The lowest BCUT2D eigenvalue weighted by atomic mass is 10.1. The summed E-state index contributed by atoms with van der Waals surface area (Å²) in [6, 6.07) is 8.04. The minimum atomic E-state index is -1.14. The van der Waals surface area contributed by atoms with Crippen LogP contribution in [0.1, 0.15) is 64.4 Å². The number of hydrogen-bond donors (Lipinski definition) is 2. The third kappa shape index (κ3) is 12.5. The Balaban J connectivity index is 0.000000301. The zero-order valence-electron chi connectivity index (χ0n) is 24.8. The minimum Gasteiger partial charge on any atom is -0.616 e. The van der Waals surface area contributed by atoms with Crippen molar-refractivity contribution in [2.24, 2.45) is 0 Å². The molecule has 0 saturated heterocycles. The molecule has 2 N–H and O–H groups in total. The van der Waals surface area contributed by atoms with Gasteiger partial charge in [-0.3, -0.25) is 20.2 Å². The first-order valence-corrected chi connectivity index (χ1v) is 17.0. The Morgan fingerprint density at radius 2 is 1.74 bits per heavy atom. The number of ether oxygens (including phenoxy) is 2. The molecular weight excluding hydrogens is 598 g/mol. The van der Waals surface area contributed by atoms with Gasteiger partial charge in [0.15, 0.2) is 11.5 Å². The fourth-order valence-corrected chi connectivity index (χ4v) is 6.05. The number of benzene rings is 2. The quantitative estimate of drug-likeness (QED) is 0.0779. The number of hydrogen-bond acceptors (Lipinski definition) is 10. The number of carbonyl (C=O) groups is 1. The molecule has 2 aromatic rings. The molecule has 43 heavy (non-hydrogen) atoms. The number of fused-ring (bicyclic) bond motifs is 1. The fourth-order valence-electron chi connectivity index (χ4n) is 4.31. The topological polar surface area (TPSA) is 177 Å². The first-order valence-electron chi connectivity index (χ1n) is 14.2. The molecule has 12 nitrogen and oxygen atoms in total. The summed E-state index contributed by atoms with van der Waals surface area (Å²) in [6.07, 6.45) is 10.4. The van der Waals surface area contributed by atoms with Crippen molar-refractivity contribution in [1.29, 1.82) is 0 Å². The molecule has 0 bridgehead atoms. The molecule has 2 unspecified atom stereocenters. The summed E-state index contributed by atoms with van der Waals surface area (Å²) in [5.41, 5.74) is 0.162. The second kappa shape index (κ2) is 19.1. The Morgan fingerprint density at radius 3 is 2.40 bits per heavy atom. The molecule has 1 heterocycles. The number of nitrogens with zero attached hydrogens (tertiary/aromatic N) is 2. The Morgan fingerprint density at radius 1 is 1.05 bits per heavy atom. The van der Waals surface area contributed by atoms with Crippen molar-refractivity contribution in [3.63, 3.8) is 0 Å². The van der Waals surface area contributed by atoms with Crippen molar-refractivity contribution in [3.8, 4) is 11.5 Å². The summed E-state index contributed by atoms with van der Waals surface area (Å²) in [7, 11) is 0. The second-order valence-corrected chi connectivity index (χ2v) is 13.0. The van der Waals surface area contributed by atoms with Gasteiger partial charge in [-0.05, 0) is 62.0 Å². The Labute approximate surface area is 259 Å². The maximum Gasteiger partial charge on any atom is 0.326 e. The Kier molecular flexibility index (Phi) is 16.0. The molecular formula is C29H41N3O9S2. The molecule has 0 amide bonds. The number of carboxylic acid groups (broad SMARTS) is 1. The van der Waals surface area contributed by atoms with Crippen molar-refractivity contribution in [2.75, 3.05) is 29.9 Å². The van der Waals surface area contributed by atoms with E-state index in [9.17, 15) is 29.6 Å². The van der Waals surface area contributed by atoms with Crippen LogP contribution in [0.3, 0.4) is 0 Å². The summed E-state index contributed by atoms with van der Waals surface area (Å²) < 4.78 is 23.0. The van der Waals surface area contributed by atoms with Crippen LogP contribution in [0.15, 0.2) is 36.4 Å². The van der Waals surface area contributed by atoms with Gasteiger partial charge in [-0.15, -0.1) is 0 Å². The highest BCUT2D eigenvalue weighted by Crippen LogP contribution is 2.33. The molecule has 0 fully saturated rings. The van der Waals surface area contributed by atoms with E-state index in [2.05, 4.69) is 19.2 Å². The van der Waals surface area contributed by atoms with E-state index in [-0.39, 0.29) is 17.4 Å². The van der Waals surface area contributed by atoms with Crippen LogP contribution in [0, 0.1) is 20.2 Å². The molecule has 0 aromatic heterocycles. The number of aliphatic carboxylic acids is 1. The van der Waals surface area contributed by atoms with Gasteiger partial charge in [-0.2, -0.15) is 11.8 Å². The first kappa shape index (κ1) is 36.0. The van der Waals surface area contributed by atoms with Crippen LogP contribution >= 0.6 is 11.8 Å². The number of nitro groups is 2. The number of thioether (sulfide) groups is 1. The van der Waals surface area contributed by atoms with E-state index in [0.717, 1.165) is 48.3 Å². The molecule has 238 valence electrons. The number of anilines is 1. The molecule has 0 aliphatic carbocycles. The normalized spacial score (nSPS) is 13.8. The number of non-ortho nitro benzene ring substituents is 1. The fraction of sp³-hybridized carbons (Fsp3) is 0.552. The van der Waals surface area contributed by atoms with Crippen LogP contribution in [0.25, 0.3) is 0 Å². The second-order valence-electron chi connectivity index (χ2n) is 10.1. The maximum absolute atomic E-state index is 12.3. The summed E-state index contributed by atoms with van der Waals surface area (Å²) >= 11 is 0.705. The van der Waals surface area contributed by atoms with Crippen LogP contribution in [-0.4, -0.2) is 61.3 Å². The average Bonchev–Trinajstić information content (AvgIpc) is 3.45. The van der Waals surface area contributed by atoms with Gasteiger partial charge in [0.2, 0.25) is 6.79 Å². The molecule has 1 aliphatic heterocycles. The number of rotatable bonds is 18. The predicted molar refractivity (Wildman–Crippen MR) is 170 cm³/mol. The van der Waals surface area contributed by atoms with Gasteiger partial charge in [-0.1, -0.05) is 49.8 Å². The molecule has 0 radical (unpaired) electrons. The molecule has 0 saturated carbocycles. The lowest BCUT2D eigenvalue weighted by Crippen LogP contribution is -2.30. The molecule has 2 aromatic carbocycles. The van der Waals surface area contributed by atoms with Crippen molar-refractivity contribution in [1.82, 2.24) is 0 Å². The summed E-state index contributed by atoms with van der Waals surface area (Å²) in [6.45, 7) is 4.61. The number of nitro benzene ring substituents is 2. The van der Waals surface area contributed by atoms with Crippen molar-refractivity contribution in [3.05, 3.63) is 62.2 Å². The minimum absolute atomic E-state index is 0.0564. The lowest BCUT2D eigenvalue weighted by Gasteiger charge is -2.18. The van der Waals surface area contributed by atoms with Gasteiger partial charge in [0, 0.05) is 12.5 Å². The van der Waals surface area contributed by atoms with Gasteiger partial charge in [0.1, 0.15) is 22.7 Å². The number of carboxylic acids is 1. The maximum atomic E-state index is 12.3. The molecule has 3 rings (SSSR count). The monoisotopic (exact) mass is 639 g/mol. The third-order valence-corrected chi connectivity index (χ3v) is 9.13. The highest BCUT2D eigenvalue weighted by Gasteiger charge is 2.24. The highest BCUT2D eigenvalue weighted by atomic mass is 32.2. The van der Waals surface area contributed by atoms with Gasteiger partial charge in [0.25, 0.3) is 11.4 Å². The summed E-state index contributed by atoms with van der Waals surface area (Å²) in [4.78, 5) is 31.2. The van der Waals surface area contributed by atoms with Crippen molar-refractivity contribution < 1.29 is 33.8 Å². The first-order chi connectivity index (χ1) is 20.6. The van der Waals surface area contributed by atoms with E-state index < -0.39 is 44.4 Å². The van der Waals surface area contributed by atoms with Crippen molar-refractivity contribution in [2.45, 2.75) is 76.5 Å². The molecule has 1 aliphatic rings. The van der Waals surface area contributed by atoms with Gasteiger partial charge < -0.3 is 24.4 Å². The highest BCUT2D eigenvalue weighted by molar-refractivity contribution is 7.98. The number of unbranched alkanes of at least 4 members (excludes halogenated alkanes) is 5. The van der Waals surface area contributed by atoms with Crippen LogP contribution in [0.2, 0.25) is 0 Å². The lowest BCUT2D eigenvalue weighted by molar-refractivity contribution is -0.393. The van der Waals surface area contributed by atoms with E-state index in [1.54, 1.807) is 0 Å². The van der Waals surface area contributed by atoms with E-state index >= 15 is 0 Å². The van der Waals surface area contributed by atoms with Gasteiger partial charge >= 0.3 is 5.97 Å².